The first kappa shape index (κ1) is 10.7. The number of ether oxygens (including phenoxy) is 1. The highest BCUT2D eigenvalue weighted by molar-refractivity contribution is 5.89. The normalized spacial score (nSPS) is 12.1. The summed E-state index contributed by atoms with van der Waals surface area (Å²) in [5.41, 5.74) is 0.428. The number of aliphatic hydroxyl groups excluding tert-OH is 2. The maximum Gasteiger partial charge on any atom is 0.338 e. The maximum absolute atomic E-state index is 11.3. The van der Waals surface area contributed by atoms with Crippen LogP contribution >= 0.6 is 0 Å². The number of carbonyl (C=O) groups is 1. The third-order valence-electron chi connectivity index (χ3n) is 1.63. The first-order chi connectivity index (χ1) is 6.74. The van der Waals surface area contributed by atoms with Gasteiger partial charge in [-0.05, 0) is 12.1 Å². The molecule has 0 aromatic heterocycles. The Bertz CT molecular complexity index is 283. The molecule has 0 aliphatic carbocycles. The molecular weight excluding hydrogens is 184 g/mol. The second-order valence-corrected chi connectivity index (χ2v) is 2.80. The summed E-state index contributed by atoms with van der Waals surface area (Å²) in [6, 6.07) is 8.47. The van der Waals surface area contributed by atoms with Crippen molar-refractivity contribution in [2.45, 2.75) is 6.10 Å². The fraction of sp³-hybridized carbons (Fsp3) is 0.300. The molecule has 0 fully saturated rings. The zero-order chi connectivity index (χ0) is 10.4. The van der Waals surface area contributed by atoms with Crippen LogP contribution in [0.25, 0.3) is 0 Å². The van der Waals surface area contributed by atoms with Crippen molar-refractivity contribution in [1.29, 1.82) is 0 Å². The molecule has 0 heterocycles. The zero-order valence-corrected chi connectivity index (χ0v) is 7.59. The van der Waals surface area contributed by atoms with E-state index in [9.17, 15) is 4.79 Å². The van der Waals surface area contributed by atoms with Crippen LogP contribution in [-0.2, 0) is 4.74 Å². The van der Waals surface area contributed by atoms with Crippen LogP contribution in [0.1, 0.15) is 10.4 Å². The lowest BCUT2D eigenvalue weighted by Gasteiger charge is -2.07. The number of hydrogen-bond acceptors (Lipinski definition) is 4. The molecule has 4 nitrogen and oxygen atoms in total. The molecule has 0 aliphatic rings. The van der Waals surface area contributed by atoms with Gasteiger partial charge in [-0.25, -0.2) is 4.79 Å². The van der Waals surface area contributed by atoms with Crippen LogP contribution < -0.4 is 0 Å². The van der Waals surface area contributed by atoms with Crippen LogP contribution in [0, 0.1) is 0 Å². The van der Waals surface area contributed by atoms with Crippen LogP contribution in [0.5, 0.6) is 0 Å². The Kier molecular flexibility index (Phi) is 4.10. The second kappa shape index (κ2) is 5.36. The van der Waals surface area contributed by atoms with Gasteiger partial charge in [-0.3, -0.25) is 0 Å². The molecule has 0 saturated carbocycles. The zero-order valence-electron chi connectivity index (χ0n) is 7.59. The Balaban J connectivity index is 2.44. The first-order valence-electron chi connectivity index (χ1n) is 4.25. The lowest BCUT2D eigenvalue weighted by Crippen LogP contribution is -2.21. The minimum Gasteiger partial charge on any atom is -0.459 e. The van der Waals surface area contributed by atoms with Gasteiger partial charge in [-0.2, -0.15) is 0 Å². The van der Waals surface area contributed by atoms with Crippen molar-refractivity contribution in [3.8, 4) is 0 Å². The summed E-state index contributed by atoms with van der Waals surface area (Å²) >= 11 is 0. The van der Waals surface area contributed by atoms with Gasteiger partial charge in [0, 0.05) is 0 Å². The van der Waals surface area contributed by atoms with Gasteiger partial charge in [0.2, 0.25) is 0 Å². The fourth-order valence-electron chi connectivity index (χ4n) is 0.882. The van der Waals surface area contributed by atoms with Crippen LogP contribution in [0.3, 0.4) is 0 Å². The van der Waals surface area contributed by atoms with Crippen LogP contribution in [0.4, 0.5) is 0 Å². The van der Waals surface area contributed by atoms with Gasteiger partial charge in [-0.1, -0.05) is 18.2 Å². The van der Waals surface area contributed by atoms with E-state index >= 15 is 0 Å². The topological polar surface area (TPSA) is 66.8 Å². The number of esters is 1. The van der Waals surface area contributed by atoms with Crippen molar-refractivity contribution in [3.63, 3.8) is 0 Å². The molecule has 0 saturated heterocycles. The summed E-state index contributed by atoms with van der Waals surface area (Å²) in [6.07, 6.45) is -1.01. The van der Waals surface area contributed by atoms with E-state index in [0.717, 1.165) is 0 Å². The van der Waals surface area contributed by atoms with Crippen molar-refractivity contribution in [2.75, 3.05) is 13.2 Å². The molecule has 0 spiro atoms. The van der Waals surface area contributed by atoms with Crippen LogP contribution in [0.2, 0.25) is 0 Å². The Hall–Kier alpha value is -1.39. The van der Waals surface area contributed by atoms with E-state index in [4.69, 9.17) is 14.9 Å². The third kappa shape index (κ3) is 3.16. The van der Waals surface area contributed by atoms with E-state index in [2.05, 4.69) is 0 Å². The summed E-state index contributed by atoms with van der Waals surface area (Å²) in [5.74, 6) is -0.502. The predicted molar refractivity (Wildman–Crippen MR) is 49.8 cm³/mol. The standard InChI is InChI=1S/C10H12O4/c11-6-9(12)7-14-10(13)8-4-2-1-3-5-8/h1-5,9,11-12H,6-7H2/t9-/m1/s1. The number of aliphatic hydroxyl groups is 2. The van der Waals surface area contributed by atoms with E-state index in [1.165, 1.54) is 0 Å². The van der Waals surface area contributed by atoms with Crippen molar-refractivity contribution < 1.29 is 19.7 Å². The largest absolute Gasteiger partial charge is 0.459 e. The Morgan fingerprint density at radius 2 is 2.00 bits per heavy atom. The molecule has 1 rings (SSSR count). The fourth-order valence-corrected chi connectivity index (χ4v) is 0.882. The third-order valence-corrected chi connectivity index (χ3v) is 1.63. The summed E-state index contributed by atoms with van der Waals surface area (Å²) < 4.78 is 4.73. The maximum atomic E-state index is 11.3. The summed E-state index contributed by atoms with van der Waals surface area (Å²) in [7, 11) is 0. The lowest BCUT2D eigenvalue weighted by molar-refractivity contribution is 0.00933. The molecule has 76 valence electrons. The first-order valence-corrected chi connectivity index (χ1v) is 4.25. The minimum absolute atomic E-state index is 0.190. The molecule has 4 heteroatoms. The number of carbonyl (C=O) groups excluding carboxylic acids is 1. The lowest BCUT2D eigenvalue weighted by atomic mass is 10.2. The number of benzene rings is 1. The van der Waals surface area contributed by atoms with Gasteiger partial charge in [0.1, 0.15) is 12.7 Å². The summed E-state index contributed by atoms with van der Waals surface area (Å²) in [6.45, 7) is -0.605. The molecule has 0 aliphatic heterocycles. The molecule has 1 aromatic carbocycles. The predicted octanol–water partition coefficient (Wildman–Crippen LogP) is 0.197. The van der Waals surface area contributed by atoms with Gasteiger partial charge >= 0.3 is 5.97 Å². The molecule has 0 bridgehead atoms. The second-order valence-electron chi connectivity index (χ2n) is 2.80. The monoisotopic (exact) mass is 196 g/mol. The van der Waals surface area contributed by atoms with Crippen LogP contribution in [-0.4, -0.2) is 35.5 Å². The number of rotatable bonds is 4. The average Bonchev–Trinajstić information content (AvgIpc) is 2.26. The average molecular weight is 196 g/mol. The molecule has 1 atom stereocenters. The van der Waals surface area contributed by atoms with Crippen molar-refractivity contribution >= 4 is 5.97 Å². The van der Waals surface area contributed by atoms with Gasteiger partial charge in [0.25, 0.3) is 0 Å². The molecule has 0 unspecified atom stereocenters. The highest BCUT2D eigenvalue weighted by atomic mass is 16.5. The summed E-state index contributed by atoms with van der Waals surface area (Å²) in [5, 5.41) is 17.4. The Morgan fingerprint density at radius 3 is 2.57 bits per heavy atom. The van der Waals surface area contributed by atoms with Crippen molar-refractivity contribution in [2.24, 2.45) is 0 Å². The molecule has 0 radical (unpaired) electrons. The molecule has 0 amide bonds. The van der Waals surface area contributed by atoms with Crippen molar-refractivity contribution in [1.82, 2.24) is 0 Å². The highest BCUT2D eigenvalue weighted by Gasteiger charge is 2.08. The molecular formula is C10H12O4. The smallest absolute Gasteiger partial charge is 0.338 e. The van der Waals surface area contributed by atoms with E-state index < -0.39 is 18.7 Å². The SMILES string of the molecule is O=C(OC[C@H](O)CO)c1ccccc1. The van der Waals surface area contributed by atoms with E-state index in [1.54, 1.807) is 30.3 Å². The van der Waals surface area contributed by atoms with Crippen LogP contribution in [0.15, 0.2) is 30.3 Å². The van der Waals surface area contributed by atoms with E-state index in [-0.39, 0.29) is 6.61 Å². The summed E-state index contributed by atoms with van der Waals surface area (Å²) in [4.78, 5) is 11.3. The molecule has 2 N–H and O–H groups in total. The Morgan fingerprint density at radius 1 is 1.36 bits per heavy atom. The molecule has 1 aromatic rings. The van der Waals surface area contributed by atoms with E-state index in [1.807, 2.05) is 0 Å². The van der Waals surface area contributed by atoms with Gasteiger partial charge in [0.05, 0.1) is 12.2 Å². The number of hydrogen-bond donors (Lipinski definition) is 2. The van der Waals surface area contributed by atoms with Gasteiger partial charge in [0.15, 0.2) is 0 Å². The highest BCUT2D eigenvalue weighted by Crippen LogP contribution is 2.01. The van der Waals surface area contributed by atoms with Gasteiger partial charge < -0.3 is 14.9 Å². The van der Waals surface area contributed by atoms with Crippen molar-refractivity contribution in [3.05, 3.63) is 35.9 Å². The molecule has 14 heavy (non-hydrogen) atoms. The Labute approximate surface area is 81.8 Å². The minimum atomic E-state index is -1.01. The van der Waals surface area contributed by atoms with E-state index in [0.29, 0.717) is 5.56 Å². The van der Waals surface area contributed by atoms with Gasteiger partial charge in [-0.15, -0.1) is 0 Å². The quantitative estimate of drug-likeness (QED) is 0.675.